The van der Waals surface area contributed by atoms with E-state index in [1.807, 2.05) is 18.2 Å². The smallest absolute Gasteiger partial charge is 0.307 e. The largest absolute Gasteiger partial charge is 0.493 e. The molecule has 32 heavy (non-hydrogen) atoms. The van der Waals surface area contributed by atoms with Crippen molar-refractivity contribution in [3.63, 3.8) is 0 Å². The first-order valence-electron chi connectivity index (χ1n) is 9.91. The van der Waals surface area contributed by atoms with Crippen LogP contribution in [0.1, 0.15) is 22.8 Å². The molecule has 0 bridgehead atoms. The molecule has 0 aliphatic carbocycles. The Morgan fingerprint density at radius 1 is 1.19 bits per heavy atom. The number of benzene rings is 2. The van der Waals surface area contributed by atoms with E-state index in [1.54, 1.807) is 31.4 Å². The van der Waals surface area contributed by atoms with E-state index in [0.29, 0.717) is 22.2 Å². The molecule has 2 atom stereocenters. The van der Waals surface area contributed by atoms with Gasteiger partial charge >= 0.3 is 5.97 Å². The molecule has 0 spiro atoms. The fraction of sp³-hybridized carbons (Fsp3) is 0.250. The summed E-state index contributed by atoms with van der Waals surface area (Å²) in [4.78, 5) is 25.2. The minimum atomic E-state index is -0.693. The van der Waals surface area contributed by atoms with Crippen LogP contribution in [0.3, 0.4) is 0 Å². The highest BCUT2D eigenvalue weighted by atomic mass is 35.5. The molecule has 0 aromatic heterocycles. The molecular weight excluding hydrogens is 450 g/mol. The van der Waals surface area contributed by atoms with E-state index in [-0.39, 0.29) is 30.8 Å². The molecule has 1 aliphatic heterocycles. The second kappa shape index (κ2) is 11.1. The zero-order valence-electron chi connectivity index (χ0n) is 17.6. The van der Waals surface area contributed by atoms with E-state index in [0.717, 1.165) is 11.1 Å². The lowest BCUT2D eigenvalue weighted by Gasteiger charge is -2.23. The maximum absolute atomic E-state index is 13.0. The van der Waals surface area contributed by atoms with Crippen molar-refractivity contribution in [2.24, 2.45) is 0 Å². The van der Waals surface area contributed by atoms with Gasteiger partial charge in [0.25, 0.3) is 0 Å². The Balaban J connectivity index is 2.08. The number of methoxy groups -OCH3 is 1. The number of halogens is 1. The van der Waals surface area contributed by atoms with Crippen LogP contribution < -0.4 is 14.8 Å². The summed E-state index contributed by atoms with van der Waals surface area (Å²) >= 11 is 7.64. The molecule has 2 aromatic carbocycles. The van der Waals surface area contributed by atoms with Crippen molar-refractivity contribution in [2.45, 2.75) is 16.9 Å². The molecule has 0 saturated heterocycles. The summed E-state index contributed by atoms with van der Waals surface area (Å²) in [5.74, 6) is 0.335. The molecule has 0 radical (unpaired) electrons. The lowest BCUT2D eigenvalue weighted by Crippen LogP contribution is -2.27. The number of hydrogen-bond acceptors (Lipinski definition) is 6. The molecule has 6 nitrogen and oxygen atoms in total. The number of ether oxygens (including phenoxy) is 3. The van der Waals surface area contributed by atoms with E-state index < -0.39 is 11.2 Å². The van der Waals surface area contributed by atoms with Crippen LogP contribution in [0.15, 0.2) is 61.7 Å². The van der Waals surface area contributed by atoms with Gasteiger partial charge in [0.15, 0.2) is 11.5 Å². The third-order valence-electron chi connectivity index (χ3n) is 4.72. The standard InChI is InChI=1S/C24H24ClNO5S/c1-4-11-30-21(27)14-20-24(28)26-18-10-9-15(25)13-17(18)23(32-20)16-7-6-8-19(29-3)22(16)31-12-5-2/h4-10,13,20,23H,1-2,11-12,14H2,3H3,(H,26,28)/t20-,23-/m1/s1. The fourth-order valence-corrected chi connectivity index (χ4v) is 4.92. The molecule has 1 heterocycles. The van der Waals surface area contributed by atoms with Gasteiger partial charge in [-0.25, -0.2) is 0 Å². The Kier molecular flexibility index (Phi) is 8.25. The van der Waals surface area contributed by atoms with Gasteiger partial charge in [-0.05, 0) is 29.8 Å². The first-order valence-corrected chi connectivity index (χ1v) is 11.2. The van der Waals surface area contributed by atoms with Crippen LogP contribution in [0, 0.1) is 0 Å². The Labute approximate surface area is 196 Å². The summed E-state index contributed by atoms with van der Waals surface area (Å²) in [5.41, 5.74) is 2.21. The molecule has 1 N–H and O–H groups in total. The van der Waals surface area contributed by atoms with E-state index in [4.69, 9.17) is 25.8 Å². The van der Waals surface area contributed by atoms with Gasteiger partial charge in [0.2, 0.25) is 5.91 Å². The monoisotopic (exact) mass is 473 g/mol. The summed E-state index contributed by atoms with van der Waals surface area (Å²) < 4.78 is 16.6. The highest BCUT2D eigenvalue weighted by Gasteiger charge is 2.35. The summed E-state index contributed by atoms with van der Waals surface area (Å²) in [6, 6.07) is 10.8. The summed E-state index contributed by atoms with van der Waals surface area (Å²) in [7, 11) is 1.56. The number of para-hydroxylation sites is 1. The summed E-state index contributed by atoms with van der Waals surface area (Å²) in [6.45, 7) is 7.62. The minimum Gasteiger partial charge on any atom is -0.493 e. The fourth-order valence-electron chi connectivity index (χ4n) is 3.32. The molecule has 3 rings (SSSR count). The lowest BCUT2D eigenvalue weighted by atomic mass is 10.0. The predicted octanol–water partition coefficient (Wildman–Crippen LogP) is 5.18. The van der Waals surface area contributed by atoms with Crippen LogP contribution in [0.4, 0.5) is 5.69 Å². The Morgan fingerprint density at radius 3 is 2.69 bits per heavy atom. The third-order valence-corrected chi connectivity index (χ3v) is 6.44. The number of amides is 1. The predicted molar refractivity (Wildman–Crippen MR) is 128 cm³/mol. The molecular formula is C24H24ClNO5S. The Bertz CT molecular complexity index is 1030. The molecule has 168 valence electrons. The molecule has 2 aromatic rings. The number of thioether (sulfide) groups is 1. The quantitative estimate of drug-likeness (QED) is 0.399. The van der Waals surface area contributed by atoms with E-state index in [1.165, 1.54) is 17.8 Å². The number of esters is 1. The van der Waals surface area contributed by atoms with Crippen molar-refractivity contribution >= 4 is 40.9 Å². The number of rotatable bonds is 9. The molecule has 0 saturated carbocycles. The van der Waals surface area contributed by atoms with Gasteiger partial charge in [-0.15, -0.1) is 11.8 Å². The third kappa shape index (κ3) is 5.47. The Morgan fingerprint density at radius 2 is 1.97 bits per heavy atom. The first-order chi connectivity index (χ1) is 15.5. The van der Waals surface area contributed by atoms with Gasteiger partial charge in [0.1, 0.15) is 13.2 Å². The maximum atomic E-state index is 13.0. The normalized spacial score (nSPS) is 17.4. The second-order valence-corrected chi connectivity index (χ2v) is 8.63. The van der Waals surface area contributed by atoms with E-state index in [2.05, 4.69) is 18.5 Å². The summed E-state index contributed by atoms with van der Waals surface area (Å²) in [6.07, 6.45) is 3.04. The molecule has 1 aliphatic rings. The van der Waals surface area contributed by atoms with Gasteiger partial charge in [0.05, 0.1) is 24.0 Å². The van der Waals surface area contributed by atoms with Crippen molar-refractivity contribution in [1.29, 1.82) is 0 Å². The van der Waals surface area contributed by atoms with Crippen LogP contribution in [0.5, 0.6) is 11.5 Å². The Hall–Kier alpha value is -2.90. The van der Waals surface area contributed by atoms with Gasteiger partial charge in [0, 0.05) is 16.3 Å². The maximum Gasteiger partial charge on any atom is 0.307 e. The van der Waals surface area contributed by atoms with Crippen molar-refractivity contribution in [1.82, 2.24) is 0 Å². The SMILES string of the molecule is C=CCOC(=O)C[C@H]1S[C@H](c2cccc(OC)c2OCC=C)c2cc(Cl)ccc2NC1=O. The van der Waals surface area contributed by atoms with E-state index >= 15 is 0 Å². The number of nitrogens with one attached hydrogen (secondary N) is 1. The van der Waals surface area contributed by atoms with E-state index in [9.17, 15) is 9.59 Å². The highest BCUT2D eigenvalue weighted by molar-refractivity contribution is 8.01. The zero-order valence-corrected chi connectivity index (χ0v) is 19.2. The first kappa shape index (κ1) is 23.8. The number of anilines is 1. The number of hydrogen-bond donors (Lipinski definition) is 1. The van der Waals surface area contributed by atoms with Crippen molar-refractivity contribution < 1.29 is 23.8 Å². The average molecular weight is 474 g/mol. The number of fused-ring (bicyclic) bond motifs is 1. The second-order valence-electron chi connectivity index (χ2n) is 6.88. The van der Waals surface area contributed by atoms with Crippen LogP contribution in [0.25, 0.3) is 0 Å². The lowest BCUT2D eigenvalue weighted by molar-refractivity contribution is -0.143. The van der Waals surface area contributed by atoms with Crippen LogP contribution >= 0.6 is 23.4 Å². The zero-order chi connectivity index (χ0) is 23.1. The van der Waals surface area contributed by atoms with Crippen molar-refractivity contribution in [3.05, 3.63) is 77.9 Å². The molecule has 1 amide bonds. The minimum absolute atomic E-state index is 0.0879. The van der Waals surface area contributed by atoms with Crippen molar-refractivity contribution in [3.8, 4) is 11.5 Å². The summed E-state index contributed by atoms with van der Waals surface area (Å²) in [5, 5.41) is 2.39. The molecule has 0 fully saturated rings. The average Bonchev–Trinajstić information content (AvgIpc) is 2.92. The van der Waals surface area contributed by atoms with Gasteiger partial charge in [-0.2, -0.15) is 0 Å². The van der Waals surface area contributed by atoms with Crippen LogP contribution in [-0.4, -0.2) is 37.4 Å². The van der Waals surface area contributed by atoms with Crippen LogP contribution in [0.2, 0.25) is 5.02 Å². The van der Waals surface area contributed by atoms with Gasteiger partial charge in [-0.1, -0.05) is 49.0 Å². The van der Waals surface area contributed by atoms with Gasteiger partial charge < -0.3 is 19.5 Å². The number of carbonyl (C=O) groups excluding carboxylic acids is 2. The highest BCUT2D eigenvalue weighted by Crippen LogP contribution is 2.50. The molecule has 0 unspecified atom stereocenters. The molecule has 8 heteroatoms. The van der Waals surface area contributed by atoms with Crippen molar-refractivity contribution in [2.75, 3.05) is 25.6 Å². The van der Waals surface area contributed by atoms with Crippen LogP contribution in [-0.2, 0) is 14.3 Å². The van der Waals surface area contributed by atoms with Gasteiger partial charge in [-0.3, -0.25) is 9.59 Å². The topological polar surface area (TPSA) is 73.9 Å². The number of carbonyl (C=O) groups is 2.